The Morgan fingerprint density at radius 1 is 1.11 bits per heavy atom. The van der Waals surface area contributed by atoms with Crippen molar-refractivity contribution in [2.24, 2.45) is 0 Å². The number of nitrogens with zero attached hydrogens (tertiary/aromatic N) is 2. The van der Waals surface area contributed by atoms with E-state index in [0.29, 0.717) is 12.6 Å². The molecule has 5 nitrogen and oxygen atoms in total. The first-order valence-electron chi connectivity index (χ1n) is 9.97. The van der Waals surface area contributed by atoms with Gasteiger partial charge in [-0.15, -0.1) is 0 Å². The molecule has 0 aromatic heterocycles. The molecule has 2 aromatic rings. The van der Waals surface area contributed by atoms with Gasteiger partial charge in [0.1, 0.15) is 0 Å². The van der Waals surface area contributed by atoms with Crippen molar-refractivity contribution < 1.29 is 13.5 Å². The van der Waals surface area contributed by atoms with Crippen molar-refractivity contribution in [3.05, 3.63) is 59.7 Å². The van der Waals surface area contributed by atoms with E-state index in [1.54, 1.807) is 24.3 Å². The summed E-state index contributed by atoms with van der Waals surface area (Å²) in [6.07, 6.45) is 4.00. The van der Waals surface area contributed by atoms with Crippen LogP contribution in [0.2, 0.25) is 0 Å². The summed E-state index contributed by atoms with van der Waals surface area (Å²) in [5.41, 5.74) is 3.55. The van der Waals surface area contributed by atoms with Crippen LogP contribution in [0.25, 0.3) is 0 Å². The number of aliphatic hydroxyl groups excluding tert-OH is 1. The van der Waals surface area contributed by atoms with E-state index >= 15 is 0 Å². The summed E-state index contributed by atoms with van der Waals surface area (Å²) in [7, 11) is -3.21. The zero-order chi connectivity index (χ0) is 19.7. The van der Waals surface area contributed by atoms with Crippen LogP contribution in [0.1, 0.15) is 30.1 Å². The Labute approximate surface area is 167 Å². The van der Waals surface area contributed by atoms with Crippen LogP contribution < -0.4 is 4.90 Å². The van der Waals surface area contributed by atoms with Gasteiger partial charge in [0.15, 0.2) is 9.84 Å². The predicted molar refractivity (Wildman–Crippen MR) is 111 cm³/mol. The van der Waals surface area contributed by atoms with Crippen molar-refractivity contribution in [2.75, 3.05) is 37.3 Å². The molecule has 6 heteroatoms. The Morgan fingerprint density at radius 3 is 2.61 bits per heavy atom. The van der Waals surface area contributed by atoms with E-state index in [4.69, 9.17) is 0 Å². The van der Waals surface area contributed by atoms with Gasteiger partial charge in [-0.3, -0.25) is 4.90 Å². The molecule has 2 heterocycles. The average molecular weight is 401 g/mol. The van der Waals surface area contributed by atoms with Crippen molar-refractivity contribution in [2.45, 2.75) is 36.3 Å². The molecule has 0 saturated carbocycles. The number of rotatable bonds is 6. The molecule has 0 amide bonds. The summed E-state index contributed by atoms with van der Waals surface area (Å²) in [5, 5.41) is 10.7. The minimum absolute atomic E-state index is 0.287. The molecule has 4 rings (SSSR count). The van der Waals surface area contributed by atoms with Gasteiger partial charge < -0.3 is 10.0 Å². The molecule has 0 aliphatic carbocycles. The SMILES string of the molecule is CS(=O)(=O)c1ccc([C@@H](O)CN2CCC[C@@H]2CN2CCc3ccccc32)cc1. The van der Waals surface area contributed by atoms with Gasteiger partial charge in [-0.1, -0.05) is 30.3 Å². The van der Waals surface area contributed by atoms with Gasteiger partial charge >= 0.3 is 0 Å². The molecule has 1 N–H and O–H groups in total. The van der Waals surface area contributed by atoms with Crippen LogP contribution in [-0.4, -0.2) is 56.9 Å². The number of sulfone groups is 1. The number of likely N-dealkylation sites (tertiary alicyclic amines) is 1. The van der Waals surface area contributed by atoms with E-state index in [2.05, 4.69) is 34.1 Å². The second-order valence-corrected chi connectivity index (χ2v) is 9.99. The van der Waals surface area contributed by atoms with Gasteiger partial charge in [0.25, 0.3) is 0 Å². The second-order valence-electron chi connectivity index (χ2n) is 7.97. The molecular formula is C22H28N2O3S. The molecule has 1 saturated heterocycles. The molecule has 150 valence electrons. The van der Waals surface area contributed by atoms with Crippen molar-refractivity contribution in [1.82, 2.24) is 4.90 Å². The molecule has 0 bridgehead atoms. The fourth-order valence-corrected chi connectivity index (χ4v) is 5.09. The number of para-hydroxylation sites is 1. The lowest BCUT2D eigenvalue weighted by Gasteiger charge is -2.31. The van der Waals surface area contributed by atoms with Crippen LogP contribution >= 0.6 is 0 Å². The van der Waals surface area contributed by atoms with Gasteiger partial charge in [0.05, 0.1) is 11.0 Å². The molecule has 0 radical (unpaired) electrons. The standard InChI is InChI=1S/C22H28N2O3S/c1-28(26,27)20-10-8-18(9-11-20)22(25)16-23-13-4-6-19(23)15-24-14-12-17-5-2-3-7-21(17)24/h2-3,5,7-11,19,22,25H,4,6,12-16H2,1H3/t19-,22+/m1/s1. The summed E-state index contributed by atoms with van der Waals surface area (Å²) in [6.45, 7) is 3.65. The minimum Gasteiger partial charge on any atom is -0.387 e. The fourth-order valence-electron chi connectivity index (χ4n) is 4.46. The van der Waals surface area contributed by atoms with E-state index in [-0.39, 0.29) is 4.90 Å². The zero-order valence-electron chi connectivity index (χ0n) is 16.3. The van der Waals surface area contributed by atoms with Gasteiger partial charge in [-0.2, -0.15) is 0 Å². The summed E-state index contributed by atoms with van der Waals surface area (Å²) in [5.74, 6) is 0. The molecule has 1 fully saturated rings. The second kappa shape index (κ2) is 7.85. The molecule has 28 heavy (non-hydrogen) atoms. The molecule has 2 aromatic carbocycles. The number of fused-ring (bicyclic) bond motifs is 1. The highest BCUT2D eigenvalue weighted by Crippen LogP contribution is 2.30. The first-order chi connectivity index (χ1) is 13.4. The molecule has 2 aliphatic heterocycles. The molecule has 0 spiro atoms. The van der Waals surface area contributed by atoms with Gasteiger partial charge in [-0.05, 0) is 55.1 Å². The molecule has 2 atom stereocenters. The summed E-state index contributed by atoms with van der Waals surface area (Å²) >= 11 is 0. The lowest BCUT2D eigenvalue weighted by atomic mass is 10.1. The van der Waals surface area contributed by atoms with E-state index < -0.39 is 15.9 Å². The van der Waals surface area contributed by atoms with E-state index in [1.165, 1.54) is 17.5 Å². The normalized spacial score (nSPS) is 21.1. The van der Waals surface area contributed by atoms with Gasteiger partial charge in [0.2, 0.25) is 0 Å². The predicted octanol–water partition coefficient (Wildman–Crippen LogP) is 2.65. The van der Waals surface area contributed by atoms with Crippen LogP contribution in [0.5, 0.6) is 0 Å². The number of aliphatic hydroxyl groups is 1. The number of benzene rings is 2. The van der Waals surface area contributed by atoms with Gasteiger partial charge in [0, 0.05) is 37.6 Å². The zero-order valence-corrected chi connectivity index (χ0v) is 17.1. The molecule has 0 unspecified atom stereocenters. The van der Waals surface area contributed by atoms with Crippen LogP contribution in [0, 0.1) is 0 Å². The number of hydrogen-bond donors (Lipinski definition) is 1. The number of β-amino-alcohol motifs (C(OH)–C–C–N with tert-alkyl or cyclic N) is 1. The monoisotopic (exact) mass is 400 g/mol. The smallest absolute Gasteiger partial charge is 0.175 e. The van der Waals surface area contributed by atoms with Crippen molar-refractivity contribution in [1.29, 1.82) is 0 Å². The Kier molecular flexibility index (Phi) is 5.45. The molecular weight excluding hydrogens is 372 g/mol. The van der Waals surface area contributed by atoms with Crippen molar-refractivity contribution in [3.63, 3.8) is 0 Å². The van der Waals surface area contributed by atoms with Crippen LogP contribution in [0.3, 0.4) is 0 Å². The maximum atomic E-state index is 11.6. The third-order valence-corrected chi connectivity index (χ3v) is 7.14. The van der Waals surface area contributed by atoms with Crippen LogP contribution in [-0.2, 0) is 16.3 Å². The first kappa shape index (κ1) is 19.4. The Morgan fingerprint density at radius 2 is 1.86 bits per heavy atom. The highest BCUT2D eigenvalue weighted by atomic mass is 32.2. The Balaban J connectivity index is 1.40. The largest absolute Gasteiger partial charge is 0.387 e. The van der Waals surface area contributed by atoms with E-state index in [9.17, 15) is 13.5 Å². The average Bonchev–Trinajstić information content (AvgIpc) is 3.29. The lowest BCUT2D eigenvalue weighted by molar-refractivity contribution is 0.107. The van der Waals surface area contributed by atoms with Crippen molar-refractivity contribution >= 4 is 15.5 Å². The summed E-state index contributed by atoms with van der Waals surface area (Å²) in [4.78, 5) is 5.15. The third kappa shape index (κ3) is 4.09. The summed E-state index contributed by atoms with van der Waals surface area (Å²) < 4.78 is 23.2. The summed E-state index contributed by atoms with van der Waals surface area (Å²) in [6, 6.07) is 15.7. The number of anilines is 1. The van der Waals surface area contributed by atoms with Crippen LogP contribution in [0.15, 0.2) is 53.4 Å². The lowest BCUT2D eigenvalue weighted by Crippen LogP contribution is -2.41. The maximum absolute atomic E-state index is 11.6. The Bertz CT molecular complexity index is 927. The third-order valence-electron chi connectivity index (χ3n) is 6.01. The van der Waals surface area contributed by atoms with Crippen LogP contribution in [0.4, 0.5) is 5.69 Å². The first-order valence-corrected chi connectivity index (χ1v) is 11.9. The highest BCUT2D eigenvalue weighted by Gasteiger charge is 2.30. The van der Waals surface area contributed by atoms with E-state index in [0.717, 1.165) is 44.5 Å². The Hall–Kier alpha value is -1.89. The fraction of sp³-hybridized carbons (Fsp3) is 0.455. The highest BCUT2D eigenvalue weighted by molar-refractivity contribution is 7.90. The maximum Gasteiger partial charge on any atom is 0.175 e. The topological polar surface area (TPSA) is 60.9 Å². The van der Waals surface area contributed by atoms with Crippen molar-refractivity contribution in [3.8, 4) is 0 Å². The number of hydrogen-bond acceptors (Lipinski definition) is 5. The van der Waals surface area contributed by atoms with E-state index in [1.807, 2.05) is 0 Å². The molecule has 2 aliphatic rings. The minimum atomic E-state index is -3.21. The van der Waals surface area contributed by atoms with Gasteiger partial charge in [-0.25, -0.2) is 8.42 Å². The quantitative estimate of drug-likeness (QED) is 0.808.